The van der Waals surface area contributed by atoms with Gasteiger partial charge in [0.15, 0.2) is 0 Å². The Hall–Kier alpha value is -0.550. The van der Waals surface area contributed by atoms with Crippen LogP contribution in [0.2, 0.25) is 0 Å². The van der Waals surface area contributed by atoms with E-state index in [4.69, 9.17) is 4.74 Å². The second-order valence-electron chi connectivity index (χ2n) is 17.5. The van der Waals surface area contributed by atoms with Crippen LogP contribution < -0.4 is 0 Å². The van der Waals surface area contributed by atoms with Crippen LogP contribution in [0.1, 0.15) is 335 Å². The van der Waals surface area contributed by atoms with Crippen LogP contribution in [-0.4, -0.2) is 46.5 Å². The van der Waals surface area contributed by atoms with E-state index in [1.165, 1.54) is 44.2 Å². The molecule has 0 saturated heterocycles. The molecule has 1 atom stereocenters. The molecule has 0 N–H and O–H groups in total. The SMILES string of the molecule is CC.CC.CC.CC.CC.CC.CC.CC.CC.CC.CC(C)CCC(=O)C(C)C.CC(C)CCCC(C)C.CC(C)CCOC(C)C.CC(C)CCS(=O)C(C)C.CN=C(CCC(C)C)C(C)C. The molecule has 0 aromatic carbocycles. The summed E-state index contributed by atoms with van der Waals surface area (Å²) in [6.07, 6.45) is 11.1. The van der Waals surface area contributed by atoms with Gasteiger partial charge in [0, 0.05) is 53.5 Å². The smallest absolute Gasteiger partial charge is 0.135 e. The minimum absolute atomic E-state index is 0.221. The summed E-state index contributed by atoms with van der Waals surface area (Å²) in [6, 6.07) is 0. The number of carbonyl (C=O) groups is 1. The Bertz CT molecular complexity index is 675. The van der Waals surface area contributed by atoms with Gasteiger partial charge < -0.3 is 4.74 Å². The summed E-state index contributed by atoms with van der Waals surface area (Å²) >= 11 is 0. The quantitative estimate of drug-likeness (QED) is 0.114. The number of hydrogen-bond donors (Lipinski definition) is 0. The molecule has 4 nitrogen and oxygen atoms in total. The Labute approximate surface area is 451 Å². The van der Waals surface area contributed by atoms with Gasteiger partial charge in [-0.05, 0) is 87.4 Å². The highest BCUT2D eigenvalue weighted by Crippen LogP contribution is 2.12. The summed E-state index contributed by atoms with van der Waals surface area (Å²) in [6.45, 7) is 84.1. The third kappa shape index (κ3) is 177. The number of ether oxygens (including phenoxy) is 1. The number of aliphatic imine (C=N–C) groups is 1. The van der Waals surface area contributed by atoms with Crippen molar-refractivity contribution in [3.63, 3.8) is 0 Å². The molecule has 0 aromatic rings. The van der Waals surface area contributed by atoms with Crippen LogP contribution in [0.3, 0.4) is 0 Å². The summed E-state index contributed by atoms with van der Waals surface area (Å²) in [7, 11) is 1.31. The van der Waals surface area contributed by atoms with E-state index in [1.807, 2.05) is 173 Å². The molecule has 69 heavy (non-hydrogen) atoms. The van der Waals surface area contributed by atoms with Gasteiger partial charge >= 0.3 is 0 Å². The molecule has 0 amide bonds. The van der Waals surface area contributed by atoms with Crippen molar-refractivity contribution in [2.45, 2.75) is 346 Å². The third-order valence-electron chi connectivity index (χ3n) is 7.68. The standard InChI is InChI=1S/C10H21N.C9H18O.C9H20.C8H18OS.C8H18O.10C2H6/c1-8(2)6-7-10(11-5)9(3)4;1-7(2)5-6-9(10)8(3)4;1-8(2)6-5-7-9(3)4;1-7(2)5-6-10(9)8(3)4;1-7(2)5-6-9-8(3)4;10*1-2/h8-9H,6-7H2,1-5H3;7-8H,5-6H2,1-4H3;8-9H,5-7H2,1-4H3;7-8H,5-6H2,1-4H3;7-8H,5-6H2,1-4H3;10*1-2H3. The summed E-state index contributed by atoms with van der Waals surface area (Å²) in [5.41, 5.74) is 1.36. The number of carbonyl (C=O) groups excluding carboxylic acids is 1. The van der Waals surface area contributed by atoms with Crippen molar-refractivity contribution in [2.75, 3.05) is 19.4 Å². The van der Waals surface area contributed by atoms with E-state index in [0.717, 1.165) is 55.3 Å². The maximum absolute atomic E-state index is 11.2. The molecule has 0 radical (unpaired) electrons. The molecule has 0 saturated carbocycles. The van der Waals surface area contributed by atoms with E-state index < -0.39 is 10.8 Å². The Kier molecular flexibility index (Phi) is 178. The highest BCUT2D eigenvalue weighted by atomic mass is 32.2. The minimum Gasteiger partial charge on any atom is -0.379 e. The van der Waals surface area contributed by atoms with Crippen molar-refractivity contribution in [1.82, 2.24) is 0 Å². The average Bonchev–Trinajstić information content (AvgIpc) is 3.34. The number of Topliss-reactive ketones (excluding diaryl/α,β-unsaturated/α-hetero) is 1. The Morgan fingerprint density at radius 3 is 0.870 bits per heavy atom. The Morgan fingerprint density at radius 2 is 0.667 bits per heavy atom. The zero-order valence-electron chi connectivity index (χ0n) is 57.6. The molecular formula is C64H155NO3S. The van der Waals surface area contributed by atoms with E-state index >= 15 is 0 Å². The second-order valence-corrected chi connectivity index (χ2v) is 19.6. The van der Waals surface area contributed by atoms with Crippen LogP contribution in [0.25, 0.3) is 0 Å². The molecule has 0 rings (SSSR count). The monoisotopic (exact) mass is 1020 g/mol. The predicted molar refractivity (Wildman–Crippen MR) is 341 cm³/mol. The van der Waals surface area contributed by atoms with Crippen LogP contribution in [0.5, 0.6) is 0 Å². The summed E-state index contributed by atoms with van der Waals surface area (Å²) in [5, 5.41) is 0.332. The largest absolute Gasteiger partial charge is 0.379 e. The lowest BCUT2D eigenvalue weighted by Crippen LogP contribution is -2.10. The van der Waals surface area contributed by atoms with Crippen LogP contribution in [-0.2, 0) is 20.3 Å². The maximum Gasteiger partial charge on any atom is 0.135 e. The normalized spacial score (nSPS) is 9.64. The maximum atomic E-state index is 11.2. The van der Waals surface area contributed by atoms with Gasteiger partial charge in [-0.2, -0.15) is 0 Å². The van der Waals surface area contributed by atoms with Crippen LogP contribution >= 0.6 is 0 Å². The first-order valence-corrected chi connectivity index (χ1v) is 31.8. The van der Waals surface area contributed by atoms with Gasteiger partial charge in [-0.1, -0.05) is 282 Å². The second kappa shape index (κ2) is 113. The molecule has 0 aliphatic rings. The molecule has 0 aliphatic heterocycles. The minimum atomic E-state index is -0.592. The van der Waals surface area contributed by atoms with E-state index in [-0.39, 0.29) is 5.92 Å². The van der Waals surface area contributed by atoms with Gasteiger partial charge in [-0.15, -0.1) is 0 Å². The number of ketones is 1. The molecule has 0 aliphatic carbocycles. The lowest BCUT2D eigenvalue weighted by Gasteiger charge is -2.10. The van der Waals surface area contributed by atoms with E-state index in [1.54, 1.807) is 0 Å². The molecule has 5 heteroatoms. The lowest BCUT2D eigenvalue weighted by atomic mass is 9.99. The van der Waals surface area contributed by atoms with Gasteiger partial charge in [0.1, 0.15) is 5.78 Å². The molecule has 0 heterocycles. The molecule has 0 fully saturated rings. The Balaban J connectivity index is -0.0000000371. The van der Waals surface area contributed by atoms with E-state index in [0.29, 0.717) is 34.9 Å². The topological polar surface area (TPSA) is 55.7 Å². The van der Waals surface area contributed by atoms with Crippen LogP contribution in [0.15, 0.2) is 4.99 Å². The highest BCUT2D eigenvalue weighted by Gasteiger charge is 2.07. The molecule has 1 unspecified atom stereocenters. The number of nitrogens with zero attached hydrogens (tertiary/aromatic N) is 1. The first kappa shape index (κ1) is 109. The van der Waals surface area contributed by atoms with Gasteiger partial charge in [0.2, 0.25) is 0 Å². The van der Waals surface area contributed by atoms with Crippen LogP contribution in [0, 0.1) is 47.3 Å². The lowest BCUT2D eigenvalue weighted by molar-refractivity contribution is -0.122. The molecule has 0 spiro atoms. The summed E-state index contributed by atoms with van der Waals surface area (Å²) in [4.78, 5) is 15.3. The van der Waals surface area contributed by atoms with Gasteiger partial charge in [-0.3, -0.25) is 14.0 Å². The van der Waals surface area contributed by atoms with E-state index in [2.05, 4.69) is 116 Å². The number of hydrogen-bond acceptors (Lipinski definition) is 4. The summed E-state index contributed by atoms with van der Waals surface area (Å²) in [5.74, 6) is 6.80. The fraction of sp³-hybridized carbons (Fsp3) is 0.969. The van der Waals surface area contributed by atoms with E-state index in [9.17, 15) is 9.00 Å². The number of rotatable bonds is 20. The van der Waals surface area contributed by atoms with Gasteiger partial charge in [0.05, 0.1) is 6.10 Å². The third-order valence-corrected chi connectivity index (χ3v) is 9.36. The Morgan fingerprint density at radius 1 is 0.391 bits per heavy atom. The molecule has 440 valence electrons. The zero-order chi connectivity index (χ0) is 59.7. The van der Waals surface area contributed by atoms with Crippen molar-refractivity contribution in [3.8, 4) is 0 Å². The fourth-order valence-corrected chi connectivity index (χ4v) is 5.05. The van der Waals surface area contributed by atoms with Crippen LogP contribution in [0.4, 0.5) is 0 Å². The van der Waals surface area contributed by atoms with Crippen molar-refractivity contribution in [1.29, 1.82) is 0 Å². The molecule has 0 aromatic heterocycles. The van der Waals surface area contributed by atoms with Crippen molar-refractivity contribution in [3.05, 3.63) is 0 Å². The first-order chi connectivity index (χ1) is 32.4. The summed E-state index contributed by atoms with van der Waals surface area (Å²) < 4.78 is 16.5. The zero-order valence-corrected chi connectivity index (χ0v) is 58.4. The first-order valence-electron chi connectivity index (χ1n) is 30.4. The van der Waals surface area contributed by atoms with Crippen molar-refractivity contribution in [2.24, 2.45) is 52.3 Å². The predicted octanol–water partition coefficient (Wildman–Crippen LogP) is 24.2. The van der Waals surface area contributed by atoms with Crippen molar-refractivity contribution >= 4 is 22.3 Å². The van der Waals surface area contributed by atoms with Gasteiger partial charge in [0.25, 0.3) is 0 Å². The highest BCUT2D eigenvalue weighted by molar-refractivity contribution is 7.85. The average molecular weight is 1020 g/mol. The van der Waals surface area contributed by atoms with Gasteiger partial charge in [-0.25, -0.2) is 0 Å². The molecule has 0 bridgehead atoms. The fourth-order valence-electron chi connectivity index (χ4n) is 3.88. The van der Waals surface area contributed by atoms with Crippen molar-refractivity contribution < 1.29 is 13.7 Å². The molecular weight excluding hydrogens is 863 g/mol.